The molecule has 2 heterocycles. The second kappa shape index (κ2) is 7.97. The summed E-state index contributed by atoms with van der Waals surface area (Å²) in [7, 11) is 0. The number of nitrogens with one attached hydrogen (secondary N) is 1. The highest BCUT2D eigenvalue weighted by molar-refractivity contribution is 5.83. The van der Waals surface area contributed by atoms with Gasteiger partial charge >= 0.3 is 6.09 Å². The van der Waals surface area contributed by atoms with Crippen LogP contribution in [-0.2, 0) is 4.74 Å². The first-order valence-electron chi connectivity index (χ1n) is 8.94. The van der Waals surface area contributed by atoms with Crippen molar-refractivity contribution in [1.82, 2.24) is 9.88 Å². The number of rotatable bonds is 4. The second-order valence-corrected chi connectivity index (χ2v) is 8.00. The Labute approximate surface area is 145 Å². The predicted octanol–water partition coefficient (Wildman–Crippen LogP) is 4.61. The molecule has 5 nitrogen and oxygen atoms in total. The van der Waals surface area contributed by atoms with Gasteiger partial charge in [-0.2, -0.15) is 0 Å². The van der Waals surface area contributed by atoms with Crippen LogP contribution in [0.5, 0.6) is 0 Å². The zero-order chi connectivity index (χ0) is 17.7. The van der Waals surface area contributed by atoms with E-state index in [0.29, 0.717) is 17.8 Å². The summed E-state index contributed by atoms with van der Waals surface area (Å²) >= 11 is 0. The molecule has 1 amide bonds. The van der Waals surface area contributed by atoms with Crippen molar-refractivity contribution >= 4 is 11.9 Å². The number of carbonyl (C=O) groups excluding carboxylic acids is 1. The summed E-state index contributed by atoms with van der Waals surface area (Å²) in [6.45, 7) is 12.3. The molecule has 1 fully saturated rings. The molecule has 5 heteroatoms. The molecular weight excluding hydrogens is 302 g/mol. The molecule has 1 aliphatic heterocycles. The van der Waals surface area contributed by atoms with Crippen molar-refractivity contribution in [2.24, 2.45) is 5.92 Å². The number of hydrogen-bond donors (Lipinski definition) is 1. The van der Waals surface area contributed by atoms with Crippen molar-refractivity contribution < 1.29 is 9.53 Å². The number of pyridine rings is 1. The average Bonchev–Trinajstić information content (AvgIpc) is 2.46. The summed E-state index contributed by atoms with van der Waals surface area (Å²) in [4.78, 5) is 18.8. The van der Waals surface area contributed by atoms with Gasteiger partial charge in [0, 0.05) is 18.8 Å². The number of likely N-dealkylation sites (tertiary alicyclic amines) is 1. The minimum absolute atomic E-state index is 0.434. The van der Waals surface area contributed by atoms with E-state index in [-0.39, 0.29) is 0 Å². The van der Waals surface area contributed by atoms with E-state index in [1.54, 1.807) is 0 Å². The zero-order valence-corrected chi connectivity index (χ0v) is 15.6. The Morgan fingerprint density at radius 2 is 2.12 bits per heavy atom. The Morgan fingerprint density at radius 3 is 2.71 bits per heavy atom. The van der Waals surface area contributed by atoms with Gasteiger partial charge in [0.15, 0.2) is 0 Å². The monoisotopic (exact) mass is 333 g/mol. The fourth-order valence-corrected chi connectivity index (χ4v) is 3.14. The maximum atomic E-state index is 11.8. The summed E-state index contributed by atoms with van der Waals surface area (Å²) in [6.07, 6.45) is 5.12. The van der Waals surface area contributed by atoms with Gasteiger partial charge in [-0.15, -0.1) is 0 Å². The van der Waals surface area contributed by atoms with Gasteiger partial charge < -0.3 is 4.74 Å². The van der Waals surface area contributed by atoms with Crippen molar-refractivity contribution in [3.8, 4) is 0 Å². The van der Waals surface area contributed by atoms with Crippen LogP contribution in [0.1, 0.15) is 65.5 Å². The number of hydrogen-bond acceptors (Lipinski definition) is 4. The van der Waals surface area contributed by atoms with E-state index in [1.165, 1.54) is 24.8 Å². The standard InChI is InChI=1S/C19H31N3O2/c1-14(2)13-22-11-7-6-8-16(22)15-9-10-17(20-12-15)21-18(23)24-19(3,4)5/h9-10,12,14,16H,6-8,11,13H2,1-5H3,(H,20,21,23)/t16-/m0/s1. The largest absolute Gasteiger partial charge is 0.444 e. The van der Waals surface area contributed by atoms with Crippen molar-refractivity contribution in [2.45, 2.75) is 65.5 Å². The van der Waals surface area contributed by atoms with Crippen LogP contribution < -0.4 is 5.32 Å². The number of aromatic nitrogens is 1. The van der Waals surface area contributed by atoms with E-state index in [1.807, 2.05) is 33.0 Å². The van der Waals surface area contributed by atoms with E-state index < -0.39 is 11.7 Å². The molecule has 0 spiro atoms. The quantitative estimate of drug-likeness (QED) is 0.874. The number of carbonyl (C=O) groups is 1. The zero-order valence-electron chi connectivity index (χ0n) is 15.6. The molecule has 1 aromatic rings. The van der Waals surface area contributed by atoms with Crippen molar-refractivity contribution in [3.05, 3.63) is 23.9 Å². The lowest BCUT2D eigenvalue weighted by Gasteiger charge is -2.37. The summed E-state index contributed by atoms with van der Waals surface area (Å²) < 4.78 is 5.25. The van der Waals surface area contributed by atoms with Gasteiger partial charge in [0.05, 0.1) is 0 Å². The van der Waals surface area contributed by atoms with E-state index in [0.717, 1.165) is 13.1 Å². The molecule has 1 atom stereocenters. The second-order valence-electron chi connectivity index (χ2n) is 8.00. The van der Waals surface area contributed by atoms with Crippen LogP contribution in [-0.4, -0.2) is 34.7 Å². The number of anilines is 1. The van der Waals surface area contributed by atoms with Gasteiger partial charge in [-0.1, -0.05) is 26.3 Å². The number of ether oxygens (including phenoxy) is 1. The third-order valence-corrected chi connectivity index (χ3v) is 4.01. The van der Waals surface area contributed by atoms with Crippen LogP contribution in [0.25, 0.3) is 0 Å². The number of amides is 1. The van der Waals surface area contributed by atoms with E-state index in [2.05, 4.69) is 35.1 Å². The van der Waals surface area contributed by atoms with E-state index >= 15 is 0 Å². The molecule has 24 heavy (non-hydrogen) atoms. The van der Waals surface area contributed by atoms with Crippen molar-refractivity contribution in [1.29, 1.82) is 0 Å². The topological polar surface area (TPSA) is 54.5 Å². The molecule has 0 aliphatic carbocycles. The Balaban J connectivity index is 2.01. The Bertz CT molecular complexity index is 535. The molecule has 1 aliphatic rings. The molecule has 0 saturated carbocycles. The molecule has 0 radical (unpaired) electrons. The normalized spacial score (nSPS) is 19.3. The van der Waals surface area contributed by atoms with Crippen LogP contribution in [0, 0.1) is 5.92 Å². The molecular formula is C19H31N3O2. The number of nitrogens with zero attached hydrogens (tertiary/aromatic N) is 2. The highest BCUT2D eigenvalue weighted by Gasteiger charge is 2.24. The number of piperidine rings is 1. The fourth-order valence-electron chi connectivity index (χ4n) is 3.14. The van der Waals surface area contributed by atoms with Gasteiger partial charge in [0.25, 0.3) is 0 Å². The third kappa shape index (κ3) is 5.78. The van der Waals surface area contributed by atoms with Crippen molar-refractivity contribution in [3.63, 3.8) is 0 Å². The highest BCUT2D eigenvalue weighted by atomic mass is 16.6. The van der Waals surface area contributed by atoms with Gasteiger partial charge in [0.1, 0.15) is 11.4 Å². The summed E-state index contributed by atoms with van der Waals surface area (Å²) in [5.41, 5.74) is 0.716. The minimum atomic E-state index is -0.510. The van der Waals surface area contributed by atoms with Gasteiger partial charge in [-0.05, 0) is 57.7 Å². The predicted molar refractivity (Wildman–Crippen MR) is 97.1 cm³/mol. The first-order valence-corrected chi connectivity index (χ1v) is 8.94. The first kappa shape index (κ1) is 18.7. The molecule has 0 bridgehead atoms. The van der Waals surface area contributed by atoms with Gasteiger partial charge in [-0.25, -0.2) is 9.78 Å². The fraction of sp³-hybridized carbons (Fsp3) is 0.684. The first-order chi connectivity index (χ1) is 11.2. The van der Waals surface area contributed by atoms with Gasteiger partial charge in [0.2, 0.25) is 0 Å². The highest BCUT2D eigenvalue weighted by Crippen LogP contribution is 2.31. The van der Waals surface area contributed by atoms with Crippen LogP contribution in [0.4, 0.5) is 10.6 Å². The van der Waals surface area contributed by atoms with Crippen LogP contribution in [0.15, 0.2) is 18.3 Å². The summed E-state index contributed by atoms with van der Waals surface area (Å²) in [5, 5.41) is 2.69. The molecule has 0 aromatic carbocycles. The maximum absolute atomic E-state index is 11.8. The lowest BCUT2D eigenvalue weighted by molar-refractivity contribution is 0.0635. The molecule has 134 valence electrons. The average molecular weight is 333 g/mol. The Hall–Kier alpha value is -1.62. The summed E-state index contributed by atoms with van der Waals surface area (Å²) in [6, 6.07) is 4.37. The molecule has 1 aromatic heterocycles. The lowest BCUT2D eigenvalue weighted by Crippen LogP contribution is -2.36. The van der Waals surface area contributed by atoms with E-state index in [9.17, 15) is 4.79 Å². The Morgan fingerprint density at radius 1 is 1.38 bits per heavy atom. The van der Waals surface area contributed by atoms with Gasteiger partial charge in [-0.3, -0.25) is 10.2 Å². The van der Waals surface area contributed by atoms with Crippen LogP contribution in [0.2, 0.25) is 0 Å². The minimum Gasteiger partial charge on any atom is -0.444 e. The van der Waals surface area contributed by atoms with Crippen LogP contribution >= 0.6 is 0 Å². The lowest BCUT2D eigenvalue weighted by atomic mass is 9.95. The molecule has 0 unspecified atom stereocenters. The Kier molecular flexibility index (Phi) is 6.21. The smallest absolute Gasteiger partial charge is 0.413 e. The molecule has 1 N–H and O–H groups in total. The molecule has 1 saturated heterocycles. The van der Waals surface area contributed by atoms with E-state index in [4.69, 9.17) is 4.74 Å². The third-order valence-electron chi connectivity index (χ3n) is 4.01. The maximum Gasteiger partial charge on any atom is 0.413 e. The molecule has 2 rings (SSSR count). The summed E-state index contributed by atoms with van der Waals surface area (Å²) in [5.74, 6) is 1.19. The van der Waals surface area contributed by atoms with Crippen molar-refractivity contribution in [2.75, 3.05) is 18.4 Å². The van der Waals surface area contributed by atoms with Crippen LogP contribution in [0.3, 0.4) is 0 Å². The SMILES string of the molecule is CC(C)CN1CCCC[C@H]1c1ccc(NC(=O)OC(C)(C)C)nc1.